The van der Waals surface area contributed by atoms with Gasteiger partial charge in [0.15, 0.2) is 0 Å². The summed E-state index contributed by atoms with van der Waals surface area (Å²) in [7, 11) is 0. The van der Waals surface area contributed by atoms with Crippen LogP contribution in [0.4, 0.5) is 0 Å². The molecule has 5 N–H and O–H groups in total. The number of nitrogens with one attached hydrogen (secondary N) is 2. The molecule has 0 radical (unpaired) electrons. The van der Waals surface area contributed by atoms with Crippen molar-refractivity contribution in [2.75, 3.05) is 6.61 Å². The summed E-state index contributed by atoms with van der Waals surface area (Å²) in [6.45, 7) is 1.59. The number of aliphatic hydroxyl groups excluding tert-OH is 1. The van der Waals surface area contributed by atoms with Gasteiger partial charge < -0.3 is 10.8 Å². The summed E-state index contributed by atoms with van der Waals surface area (Å²) in [6, 6.07) is -0.999. The van der Waals surface area contributed by atoms with E-state index in [1.165, 1.54) is 0 Å². The third-order valence-corrected chi connectivity index (χ3v) is 1.87. The van der Waals surface area contributed by atoms with Crippen LogP contribution in [0.3, 0.4) is 0 Å². The van der Waals surface area contributed by atoms with E-state index in [9.17, 15) is 9.59 Å². The topological polar surface area (TPSA) is 104 Å². The van der Waals surface area contributed by atoms with E-state index in [0.717, 1.165) is 19.3 Å². The lowest BCUT2D eigenvalue weighted by Gasteiger charge is -2.10. The first kappa shape index (κ1) is 13.9. The number of hydrazine groups is 1. The molecule has 0 aromatic heterocycles. The van der Waals surface area contributed by atoms with Gasteiger partial charge in [-0.05, 0) is 6.42 Å². The van der Waals surface area contributed by atoms with Crippen LogP contribution in [0.5, 0.6) is 0 Å². The van der Waals surface area contributed by atoms with Crippen molar-refractivity contribution in [3.8, 4) is 0 Å². The number of carbonyl (C=O) groups is 2. The molecule has 6 nitrogen and oxygen atoms in total. The van der Waals surface area contributed by atoms with Gasteiger partial charge in [-0.25, -0.2) is 0 Å². The van der Waals surface area contributed by atoms with Crippen LogP contribution in [0, 0.1) is 0 Å². The standard InChI is InChI=1S/C9H19N3O3/c1-2-3-4-5-8(14)11-12-9(15)7(10)6-13/h7,13H,2-6,10H2,1H3,(H,11,14)(H,12,15). The van der Waals surface area contributed by atoms with Crippen molar-refractivity contribution in [3.05, 3.63) is 0 Å². The number of unbranched alkanes of at least 4 members (excludes halogenated alkanes) is 2. The van der Waals surface area contributed by atoms with Crippen LogP contribution in [0.2, 0.25) is 0 Å². The molecule has 0 saturated carbocycles. The fourth-order valence-corrected chi connectivity index (χ4v) is 0.905. The van der Waals surface area contributed by atoms with E-state index in [0.29, 0.717) is 6.42 Å². The highest BCUT2D eigenvalue weighted by molar-refractivity contribution is 5.85. The second kappa shape index (κ2) is 8.19. The van der Waals surface area contributed by atoms with Crippen molar-refractivity contribution in [1.82, 2.24) is 10.9 Å². The van der Waals surface area contributed by atoms with Gasteiger partial charge in [-0.1, -0.05) is 19.8 Å². The van der Waals surface area contributed by atoms with Crippen LogP contribution in [0.1, 0.15) is 32.6 Å². The van der Waals surface area contributed by atoms with E-state index in [-0.39, 0.29) is 5.91 Å². The lowest BCUT2D eigenvalue weighted by atomic mass is 10.2. The lowest BCUT2D eigenvalue weighted by molar-refractivity contribution is -0.130. The minimum absolute atomic E-state index is 0.248. The van der Waals surface area contributed by atoms with Gasteiger partial charge in [-0.3, -0.25) is 20.4 Å². The van der Waals surface area contributed by atoms with E-state index in [2.05, 4.69) is 10.9 Å². The number of carbonyl (C=O) groups excluding carboxylic acids is 2. The van der Waals surface area contributed by atoms with E-state index in [1.807, 2.05) is 6.92 Å². The molecular weight excluding hydrogens is 198 g/mol. The third kappa shape index (κ3) is 6.87. The van der Waals surface area contributed by atoms with Crippen LogP contribution in [0.15, 0.2) is 0 Å². The summed E-state index contributed by atoms with van der Waals surface area (Å²) in [5.74, 6) is -0.844. The first-order chi connectivity index (χ1) is 7.11. The summed E-state index contributed by atoms with van der Waals surface area (Å²) in [5.41, 5.74) is 9.57. The van der Waals surface area contributed by atoms with Gasteiger partial charge in [0.05, 0.1) is 6.61 Å². The maximum absolute atomic E-state index is 11.1. The van der Waals surface area contributed by atoms with Gasteiger partial charge in [0.25, 0.3) is 5.91 Å². The summed E-state index contributed by atoms with van der Waals surface area (Å²) < 4.78 is 0. The SMILES string of the molecule is CCCCCC(=O)NNC(=O)C(N)CO. The third-order valence-electron chi connectivity index (χ3n) is 1.87. The molecule has 0 spiro atoms. The average Bonchev–Trinajstić information content (AvgIpc) is 2.25. The van der Waals surface area contributed by atoms with Crippen molar-refractivity contribution in [1.29, 1.82) is 0 Å². The van der Waals surface area contributed by atoms with Gasteiger partial charge in [0.1, 0.15) is 6.04 Å². The monoisotopic (exact) mass is 217 g/mol. The van der Waals surface area contributed by atoms with Gasteiger partial charge in [0, 0.05) is 6.42 Å². The Morgan fingerprint density at radius 1 is 1.33 bits per heavy atom. The predicted octanol–water partition coefficient (Wildman–Crippen LogP) is -0.966. The van der Waals surface area contributed by atoms with Crippen LogP contribution < -0.4 is 16.6 Å². The zero-order valence-electron chi connectivity index (χ0n) is 8.95. The minimum Gasteiger partial charge on any atom is -0.394 e. The maximum atomic E-state index is 11.1. The van der Waals surface area contributed by atoms with Crippen LogP contribution >= 0.6 is 0 Å². The fourth-order valence-electron chi connectivity index (χ4n) is 0.905. The molecule has 0 rings (SSSR count). The Balaban J connectivity index is 3.57. The molecule has 88 valence electrons. The molecule has 0 aromatic rings. The molecule has 0 saturated heterocycles. The van der Waals surface area contributed by atoms with Gasteiger partial charge >= 0.3 is 0 Å². The Labute approximate surface area is 89.2 Å². The molecule has 0 aromatic carbocycles. The van der Waals surface area contributed by atoms with Crippen LogP contribution in [-0.2, 0) is 9.59 Å². The van der Waals surface area contributed by atoms with Crippen molar-refractivity contribution in [3.63, 3.8) is 0 Å². The number of rotatable bonds is 6. The number of nitrogens with two attached hydrogens (primary N) is 1. The normalized spacial score (nSPS) is 11.9. The van der Waals surface area contributed by atoms with Crippen molar-refractivity contribution >= 4 is 11.8 Å². The number of amides is 2. The number of aliphatic hydroxyl groups is 1. The Hall–Kier alpha value is -1.14. The molecule has 0 aliphatic carbocycles. The summed E-state index contributed by atoms with van der Waals surface area (Å²) in [4.78, 5) is 22.1. The fraction of sp³-hybridized carbons (Fsp3) is 0.778. The molecular formula is C9H19N3O3. The molecule has 15 heavy (non-hydrogen) atoms. The van der Waals surface area contributed by atoms with E-state index < -0.39 is 18.6 Å². The van der Waals surface area contributed by atoms with E-state index >= 15 is 0 Å². The van der Waals surface area contributed by atoms with E-state index in [1.54, 1.807) is 0 Å². The molecule has 1 atom stereocenters. The highest BCUT2D eigenvalue weighted by Gasteiger charge is 2.11. The lowest BCUT2D eigenvalue weighted by Crippen LogP contribution is -2.50. The zero-order chi connectivity index (χ0) is 11.7. The highest BCUT2D eigenvalue weighted by Crippen LogP contribution is 1.97. The Morgan fingerprint density at radius 2 is 2.00 bits per heavy atom. The van der Waals surface area contributed by atoms with Gasteiger partial charge in [-0.15, -0.1) is 0 Å². The summed E-state index contributed by atoms with van der Waals surface area (Å²) in [5, 5.41) is 8.55. The van der Waals surface area contributed by atoms with Crippen LogP contribution in [0.25, 0.3) is 0 Å². The molecule has 2 amide bonds. The van der Waals surface area contributed by atoms with Crippen LogP contribution in [-0.4, -0.2) is 29.6 Å². The maximum Gasteiger partial charge on any atom is 0.257 e. The van der Waals surface area contributed by atoms with E-state index in [4.69, 9.17) is 10.8 Å². The molecule has 0 aliphatic rings. The molecule has 1 unspecified atom stereocenters. The minimum atomic E-state index is -0.999. The molecule has 0 bridgehead atoms. The highest BCUT2D eigenvalue weighted by atomic mass is 16.3. The van der Waals surface area contributed by atoms with Crippen molar-refractivity contribution in [2.24, 2.45) is 5.73 Å². The summed E-state index contributed by atoms with van der Waals surface area (Å²) >= 11 is 0. The average molecular weight is 217 g/mol. The Bertz CT molecular complexity index is 209. The molecule has 0 aliphatic heterocycles. The second-order valence-electron chi connectivity index (χ2n) is 3.28. The largest absolute Gasteiger partial charge is 0.394 e. The van der Waals surface area contributed by atoms with Crippen molar-refractivity contribution < 1.29 is 14.7 Å². The Kier molecular flexibility index (Phi) is 7.57. The smallest absolute Gasteiger partial charge is 0.257 e. The molecule has 0 fully saturated rings. The van der Waals surface area contributed by atoms with Crippen molar-refractivity contribution in [2.45, 2.75) is 38.6 Å². The second-order valence-corrected chi connectivity index (χ2v) is 3.28. The Morgan fingerprint density at radius 3 is 2.53 bits per heavy atom. The van der Waals surface area contributed by atoms with Gasteiger partial charge in [-0.2, -0.15) is 0 Å². The molecule has 6 heteroatoms. The number of hydrogen-bond acceptors (Lipinski definition) is 4. The quantitative estimate of drug-likeness (QED) is 0.339. The number of hydrogen-bond donors (Lipinski definition) is 4. The molecule has 0 heterocycles. The first-order valence-electron chi connectivity index (χ1n) is 5.07. The zero-order valence-corrected chi connectivity index (χ0v) is 8.95. The van der Waals surface area contributed by atoms with Gasteiger partial charge in [0.2, 0.25) is 5.91 Å². The first-order valence-corrected chi connectivity index (χ1v) is 5.07. The summed E-state index contributed by atoms with van der Waals surface area (Å²) in [6.07, 6.45) is 3.19. The predicted molar refractivity (Wildman–Crippen MR) is 55.5 cm³/mol.